The van der Waals surface area contributed by atoms with E-state index < -0.39 is 6.36 Å². The molecule has 0 radical (unpaired) electrons. The third kappa shape index (κ3) is 8.93. The van der Waals surface area contributed by atoms with Gasteiger partial charge in [-0.05, 0) is 79.7 Å². The Balaban J connectivity index is 1.32. The zero-order valence-corrected chi connectivity index (χ0v) is 19.3. The second-order valence-electron chi connectivity index (χ2n) is 9.73. The number of alkyl halides is 3. The van der Waals surface area contributed by atoms with Gasteiger partial charge in [0, 0.05) is 5.56 Å². The highest BCUT2D eigenvalue weighted by Gasteiger charge is 2.31. The lowest BCUT2D eigenvalue weighted by Gasteiger charge is -2.31. The van der Waals surface area contributed by atoms with Crippen molar-refractivity contribution in [2.24, 2.45) is 23.7 Å². The maximum absolute atomic E-state index is 12.2. The van der Waals surface area contributed by atoms with Crippen LogP contribution in [0.4, 0.5) is 13.2 Å². The summed E-state index contributed by atoms with van der Waals surface area (Å²) in [4.78, 5) is 0. The first-order valence-corrected chi connectivity index (χ1v) is 12.4. The van der Waals surface area contributed by atoms with Gasteiger partial charge >= 0.3 is 6.36 Å². The molecule has 0 amide bonds. The topological polar surface area (TPSA) is 9.23 Å². The van der Waals surface area contributed by atoms with E-state index in [4.69, 9.17) is 0 Å². The zero-order valence-electron chi connectivity index (χ0n) is 19.3. The van der Waals surface area contributed by atoms with Crippen molar-refractivity contribution in [2.75, 3.05) is 0 Å². The van der Waals surface area contributed by atoms with Crippen LogP contribution in [-0.2, 0) is 0 Å². The van der Waals surface area contributed by atoms with E-state index in [0.717, 1.165) is 17.8 Å². The summed E-state index contributed by atoms with van der Waals surface area (Å²) in [5.74, 6) is 9.25. The summed E-state index contributed by atoms with van der Waals surface area (Å²) in [5, 5.41) is 0. The van der Waals surface area contributed by atoms with Crippen molar-refractivity contribution >= 4 is 0 Å². The minimum Gasteiger partial charge on any atom is -0.406 e. The third-order valence-electron chi connectivity index (χ3n) is 7.29. The van der Waals surface area contributed by atoms with Gasteiger partial charge in [-0.2, -0.15) is 0 Å². The minimum atomic E-state index is -4.66. The Kier molecular flexibility index (Phi) is 9.57. The summed E-state index contributed by atoms with van der Waals surface area (Å²) in [5.41, 5.74) is 0.677. The van der Waals surface area contributed by atoms with Gasteiger partial charge in [0.2, 0.25) is 0 Å². The van der Waals surface area contributed by atoms with E-state index in [1.807, 2.05) is 6.08 Å². The van der Waals surface area contributed by atoms with Crippen molar-refractivity contribution in [2.45, 2.75) is 90.3 Å². The number of benzene rings is 1. The molecule has 0 aliphatic heterocycles. The summed E-state index contributed by atoms with van der Waals surface area (Å²) >= 11 is 0. The Morgan fingerprint density at radius 2 is 1.38 bits per heavy atom. The van der Waals surface area contributed by atoms with E-state index in [2.05, 4.69) is 29.6 Å². The van der Waals surface area contributed by atoms with Gasteiger partial charge in [0.1, 0.15) is 5.75 Å². The van der Waals surface area contributed by atoms with E-state index in [0.29, 0.717) is 11.5 Å². The molecule has 0 heterocycles. The Bertz CT molecular complexity index is 753. The summed E-state index contributed by atoms with van der Waals surface area (Å²) < 4.78 is 40.5. The fourth-order valence-corrected chi connectivity index (χ4v) is 5.41. The van der Waals surface area contributed by atoms with Crippen LogP contribution in [0.3, 0.4) is 0 Å². The van der Waals surface area contributed by atoms with Crippen molar-refractivity contribution in [1.29, 1.82) is 0 Å². The molecule has 176 valence electrons. The van der Waals surface area contributed by atoms with Gasteiger partial charge in [-0.3, -0.25) is 0 Å². The molecular formula is C28H37F3O. The Morgan fingerprint density at radius 1 is 0.844 bits per heavy atom. The van der Waals surface area contributed by atoms with E-state index in [1.165, 1.54) is 89.2 Å². The number of hydrogen-bond acceptors (Lipinski definition) is 1. The summed E-state index contributed by atoms with van der Waals surface area (Å²) in [6, 6.07) is 5.67. The van der Waals surface area contributed by atoms with Crippen LogP contribution in [0.2, 0.25) is 0 Å². The van der Waals surface area contributed by atoms with E-state index in [9.17, 15) is 13.2 Å². The molecule has 2 saturated carbocycles. The lowest BCUT2D eigenvalue weighted by molar-refractivity contribution is -0.274. The van der Waals surface area contributed by atoms with Crippen molar-refractivity contribution < 1.29 is 17.9 Å². The molecule has 32 heavy (non-hydrogen) atoms. The van der Waals surface area contributed by atoms with Gasteiger partial charge in [-0.1, -0.05) is 76.2 Å². The highest BCUT2D eigenvalue weighted by atomic mass is 19.4. The molecule has 1 aromatic carbocycles. The molecule has 0 N–H and O–H groups in total. The van der Waals surface area contributed by atoms with Crippen LogP contribution in [0, 0.1) is 35.5 Å². The van der Waals surface area contributed by atoms with Gasteiger partial charge in [-0.25, -0.2) is 0 Å². The molecule has 0 bridgehead atoms. The molecule has 0 unspecified atom stereocenters. The van der Waals surface area contributed by atoms with E-state index in [1.54, 1.807) is 12.1 Å². The Morgan fingerprint density at radius 3 is 1.91 bits per heavy atom. The lowest BCUT2D eigenvalue weighted by Crippen LogP contribution is -2.17. The fourth-order valence-electron chi connectivity index (χ4n) is 5.41. The van der Waals surface area contributed by atoms with Crippen molar-refractivity contribution in [3.05, 3.63) is 42.0 Å². The SMILES string of the molecule is CCC[C@H]1CC[C@H](CCC2CCC(/C=C/C#Cc3ccc(OC(F)(F)F)cc3)CC2)CC1. The molecule has 2 aliphatic rings. The zero-order chi connectivity index (χ0) is 22.8. The lowest BCUT2D eigenvalue weighted by atomic mass is 9.75. The normalized spacial score (nSPS) is 26.5. The number of allylic oxidation sites excluding steroid dienone is 2. The first-order chi connectivity index (χ1) is 15.4. The van der Waals surface area contributed by atoms with Crippen molar-refractivity contribution in [1.82, 2.24) is 0 Å². The second-order valence-corrected chi connectivity index (χ2v) is 9.73. The predicted octanol–water partition coefficient (Wildman–Crippen LogP) is 8.69. The molecular weight excluding hydrogens is 409 g/mol. The largest absolute Gasteiger partial charge is 0.573 e. The van der Waals surface area contributed by atoms with E-state index >= 15 is 0 Å². The molecule has 1 aromatic rings. The standard InChI is InChI=1S/C28H37F3O/c1-2-5-22-8-12-25(13-9-22)16-17-26-14-10-23(11-15-26)6-3-4-7-24-18-20-27(21-19-24)32-28(29,30)31/h3,6,18-23,25-26H,2,5,8-17H2,1H3/b6-3+/t22-,23?,25-,26?. The molecule has 4 heteroatoms. The first kappa shape index (κ1) is 24.7. The highest BCUT2D eigenvalue weighted by Crippen LogP contribution is 2.37. The molecule has 0 saturated heterocycles. The average Bonchev–Trinajstić information content (AvgIpc) is 2.77. The monoisotopic (exact) mass is 446 g/mol. The van der Waals surface area contributed by atoms with Crippen LogP contribution in [-0.4, -0.2) is 6.36 Å². The molecule has 1 nitrogen and oxygen atoms in total. The van der Waals surface area contributed by atoms with Crippen molar-refractivity contribution in [3.8, 4) is 17.6 Å². The minimum absolute atomic E-state index is 0.223. The number of ether oxygens (including phenoxy) is 1. The summed E-state index contributed by atoms with van der Waals surface area (Å²) in [6.07, 6.45) is 16.0. The van der Waals surface area contributed by atoms with Crippen LogP contribution < -0.4 is 4.74 Å². The predicted molar refractivity (Wildman–Crippen MR) is 124 cm³/mol. The molecule has 0 aromatic heterocycles. The quantitative estimate of drug-likeness (QED) is 0.381. The average molecular weight is 447 g/mol. The van der Waals surface area contributed by atoms with Gasteiger partial charge in [0.15, 0.2) is 0 Å². The van der Waals surface area contributed by atoms with Crippen LogP contribution >= 0.6 is 0 Å². The number of hydrogen-bond donors (Lipinski definition) is 0. The van der Waals surface area contributed by atoms with Crippen LogP contribution in [0.5, 0.6) is 5.75 Å². The first-order valence-electron chi connectivity index (χ1n) is 12.4. The highest BCUT2D eigenvalue weighted by molar-refractivity contribution is 5.40. The van der Waals surface area contributed by atoms with E-state index in [-0.39, 0.29) is 5.75 Å². The van der Waals surface area contributed by atoms with Gasteiger partial charge in [0.05, 0.1) is 0 Å². The smallest absolute Gasteiger partial charge is 0.406 e. The fraction of sp³-hybridized carbons (Fsp3) is 0.643. The van der Waals surface area contributed by atoms with Gasteiger partial charge in [0.25, 0.3) is 0 Å². The van der Waals surface area contributed by atoms with Crippen LogP contribution in [0.15, 0.2) is 36.4 Å². The molecule has 2 aliphatic carbocycles. The third-order valence-corrected chi connectivity index (χ3v) is 7.29. The molecule has 0 atom stereocenters. The van der Waals surface area contributed by atoms with Crippen LogP contribution in [0.1, 0.15) is 89.5 Å². The Labute approximate surface area is 191 Å². The second kappa shape index (κ2) is 12.4. The summed E-state index contributed by atoms with van der Waals surface area (Å²) in [7, 11) is 0. The van der Waals surface area contributed by atoms with Crippen LogP contribution in [0.25, 0.3) is 0 Å². The molecule has 2 fully saturated rings. The Hall–Kier alpha value is -1.89. The van der Waals surface area contributed by atoms with Gasteiger partial charge in [-0.15, -0.1) is 13.2 Å². The maximum atomic E-state index is 12.2. The van der Waals surface area contributed by atoms with Crippen molar-refractivity contribution in [3.63, 3.8) is 0 Å². The summed E-state index contributed by atoms with van der Waals surface area (Å²) in [6.45, 7) is 2.31. The number of halogens is 3. The maximum Gasteiger partial charge on any atom is 0.573 e. The molecule has 3 rings (SSSR count). The molecule has 0 spiro atoms. The van der Waals surface area contributed by atoms with Gasteiger partial charge < -0.3 is 4.74 Å². The number of rotatable bonds is 7.